The van der Waals surface area contributed by atoms with Crippen LogP contribution in [0.1, 0.15) is 18.0 Å². The molecule has 2 heterocycles. The van der Waals surface area contributed by atoms with Crippen LogP contribution in [0, 0.1) is 0 Å². The van der Waals surface area contributed by atoms with E-state index < -0.39 is 6.10 Å². The lowest BCUT2D eigenvalue weighted by Gasteiger charge is -2.30. The third-order valence-corrected chi connectivity index (χ3v) is 4.08. The van der Waals surface area contributed by atoms with Crippen molar-refractivity contribution < 1.29 is 19.0 Å². The molecule has 118 valence electrons. The van der Waals surface area contributed by atoms with Crippen molar-refractivity contribution in [1.29, 1.82) is 0 Å². The van der Waals surface area contributed by atoms with Gasteiger partial charge in [-0.15, -0.1) is 0 Å². The lowest BCUT2D eigenvalue weighted by molar-refractivity contribution is -0.131. The molecule has 0 unspecified atom stereocenters. The number of hydrogen-bond donors (Lipinski definition) is 1. The second-order valence-electron chi connectivity index (χ2n) is 5.60. The molecule has 0 spiro atoms. The van der Waals surface area contributed by atoms with Crippen LogP contribution in [-0.4, -0.2) is 25.2 Å². The van der Waals surface area contributed by atoms with E-state index in [0.29, 0.717) is 18.1 Å². The summed E-state index contributed by atoms with van der Waals surface area (Å²) in [5, 5.41) is 3.05. The molecular formula is C18H17NO4. The average Bonchev–Trinajstić information content (AvgIpc) is 2.61. The number of fused-ring (bicyclic) bond motifs is 2. The lowest BCUT2D eigenvalue weighted by Crippen LogP contribution is -2.45. The van der Waals surface area contributed by atoms with Crippen LogP contribution in [0.4, 0.5) is 0 Å². The molecule has 0 bridgehead atoms. The minimum atomic E-state index is -0.639. The minimum absolute atomic E-state index is 0.0618. The van der Waals surface area contributed by atoms with Crippen LogP contribution in [0.25, 0.3) is 0 Å². The predicted molar refractivity (Wildman–Crippen MR) is 83.8 cm³/mol. The molecule has 2 aromatic rings. The Kier molecular flexibility index (Phi) is 3.54. The first-order valence-electron chi connectivity index (χ1n) is 7.72. The zero-order valence-corrected chi connectivity index (χ0v) is 12.5. The number of ether oxygens (including phenoxy) is 3. The van der Waals surface area contributed by atoms with Crippen molar-refractivity contribution in [3.05, 3.63) is 54.1 Å². The number of carbonyl (C=O) groups is 1. The smallest absolute Gasteiger partial charge is 0.265 e. The van der Waals surface area contributed by atoms with Gasteiger partial charge in [-0.3, -0.25) is 4.79 Å². The quantitative estimate of drug-likeness (QED) is 0.925. The topological polar surface area (TPSA) is 56.8 Å². The molecule has 2 aliphatic rings. The summed E-state index contributed by atoms with van der Waals surface area (Å²) in [6.07, 6.45) is 0.104. The number of amides is 1. The van der Waals surface area contributed by atoms with Gasteiger partial charge in [-0.25, -0.2) is 0 Å². The number of hydrogen-bond acceptors (Lipinski definition) is 4. The summed E-state index contributed by atoms with van der Waals surface area (Å²) in [6.45, 7) is 0.806. The Morgan fingerprint density at radius 2 is 1.70 bits per heavy atom. The van der Waals surface area contributed by atoms with Gasteiger partial charge in [0.05, 0.1) is 12.6 Å². The van der Waals surface area contributed by atoms with E-state index in [0.717, 1.165) is 17.7 Å². The van der Waals surface area contributed by atoms with E-state index in [1.54, 1.807) is 6.07 Å². The molecule has 0 aliphatic carbocycles. The molecule has 0 saturated carbocycles. The molecule has 2 aromatic carbocycles. The summed E-state index contributed by atoms with van der Waals surface area (Å²) in [5.74, 6) is 1.94. The first-order chi connectivity index (χ1) is 11.3. The monoisotopic (exact) mass is 311 g/mol. The van der Waals surface area contributed by atoms with Gasteiger partial charge < -0.3 is 19.5 Å². The molecule has 1 N–H and O–H groups in total. The fraction of sp³-hybridized carbons (Fsp3) is 0.278. The van der Waals surface area contributed by atoms with Crippen LogP contribution < -0.4 is 19.5 Å². The van der Waals surface area contributed by atoms with Crippen LogP contribution in [0.15, 0.2) is 48.5 Å². The maximum absolute atomic E-state index is 12.5. The van der Waals surface area contributed by atoms with E-state index in [1.807, 2.05) is 42.5 Å². The van der Waals surface area contributed by atoms with Gasteiger partial charge in [0.1, 0.15) is 12.4 Å². The molecule has 0 saturated heterocycles. The Morgan fingerprint density at radius 1 is 0.957 bits per heavy atom. The first-order valence-corrected chi connectivity index (χ1v) is 7.72. The normalized spacial score (nSPS) is 21.7. The van der Waals surface area contributed by atoms with Crippen molar-refractivity contribution in [2.75, 3.05) is 13.2 Å². The second-order valence-corrected chi connectivity index (χ2v) is 5.60. The molecule has 5 nitrogen and oxygen atoms in total. The van der Waals surface area contributed by atoms with Gasteiger partial charge in [-0.1, -0.05) is 30.3 Å². The highest BCUT2D eigenvalue weighted by Crippen LogP contribution is 2.33. The van der Waals surface area contributed by atoms with E-state index in [4.69, 9.17) is 14.2 Å². The molecule has 5 heteroatoms. The number of benzene rings is 2. The molecule has 4 rings (SSSR count). The van der Waals surface area contributed by atoms with Crippen LogP contribution in [-0.2, 0) is 4.79 Å². The maximum atomic E-state index is 12.5. The van der Waals surface area contributed by atoms with E-state index in [2.05, 4.69) is 5.32 Å². The SMILES string of the molecule is O=C(N[C@H]1CCOc2ccccc21)[C@@H]1COc2ccccc2O1. The fourth-order valence-electron chi connectivity index (χ4n) is 2.91. The number of rotatable bonds is 2. The molecular weight excluding hydrogens is 294 g/mol. The Balaban J connectivity index is 1.47. The molecule has 0 radical (unpaired) electrons. The molecule has 23 heavy (non-hydrogen) atoms. The minimum Gasteiger partial charge on any atom is -0.493 e. The van der Waals surface area contributed by atoms with Crippen molar-refractivity contribution in [2.24, 2.45) is 0 Å². The van der Waals surface area contributed by atoms with E-state index in [9.17, 15) is 4.79 Å². The highest BCUT2D eigenvalue weighted by molar-refractivity contribution is 5.82. The van der Waals surface area contributed by atoms with Crippen LogP contribution in [0.5, 0.6) is 17.2 Å². The third kappa shape index (κ3) is 2.70. The number of nitrogens with one attached hydrogen (secondary N) is 1. The van der Waals surface area contributed by atoms with E-state index in [-0.39, 0.29) is 18.6 Å². The first kappa shape index (κ1) is 13.9. The van der Waals surface area contributed by atoms with Crippen molar-refractivity contribution in [1.82, 2.24) is 5.32 Å². The predicted octanol–water partition coefficient (Wildman–Crippen LogP) is 2.47. The van der Waals surface area contributed by atoms with Gasteiger partial charge >= 0.3 is 0 Å². The van der Waals surface area contributed by atoms with Crippen molar-refractivity contribution in [3.63, 3.8) is 0 Å². The zero-order chi connectivity index (χ0) is 15.6. The molecule has 0 fully saturated rings. The Morgan fingerprint density at radius 3 is 2.57 bits per heavy atom. The van der Waals surface area contributed by atoms with Gasteiger partial charge in [0, 0.05) is 12.0 Å². The van der Waals surface area contributed by atoms with Crippen molar-refractivity contribution >= 4 is 5.91 Å². The molecule has 0 aromatic heterocycles. The third-order valence-electron chi connectivity index (χ3n) is 4.08. The Hall–Kier alpha value is -2.69. The second kappa shape index (κ2) is 5.83. The molecule has 2 atom stereocenters. The number of carbonyl (C=O) groups excluding carboxylic acids is 1. The largest absolute Gasteiger partial charge is 0.493 e. The van der Waals surface area contributed by atoms with Crippen molar-refractivity contribution in [3.8, 4) is 17.2 Å². The Bertz CT molecular complexity index is 730. The summed E-state index contributed by atoms with van der Waals surface area (Å²) < 4.78 is 17.0. The van der Waals surface area contributed by atoms with Crippen LogP contribution in [0.3, 0.4) is 0 Å². The fourth-order valence-corrected chi connectivity index (χ4v) is 2.91. The van der Waals surface area contributed by atoms with E-state index >= 15 is 0 Å². The summed E-state index contributed by atoms with van der Waals surface area (Å²) in [6, 6.07) is 15.1. The Labute approximate surface area is 134 Å². The van der Waals surface area contributed by atoms with E-state index in [1.165, 1.54) is 0 Å². The van der Waals surface area contributed by atoms with Crippen molar-refractivity contribution in [2.45, 2.75) is 18.6 Å². The van der Waals surface area contributed by atoms with Gasteiger partial charge in [-0.05, 0) is 18.2 Å². The zero-order valence-electron chi connectivity index (χ0n) is 12.5. The number of para-hydroxylation sites is 3. The molecule has 2 aliphatic heterocycles. The summed E-state index contributed by atoms with van der Waals surface area (Å²) in [5.41, 5.74) is 1.00. The van der Waals surface area contributed by atoms with Gasteiger partial charge in [0.15, 0.2) is 11.5 Å². The summed E-state index contributed by atoms with van der Waals surface area (Å²) >= 11 is 0. The van der Waals surface area contributed by atoms with Crippen LogP contribution >= 0.6 is 0 Å². The highest BCUT2D eigenvalue weighted by Gasteiger charge is 2.30. The average molecular weight is 311 g/mol. The summed E-state index contributed by atoms with van der Waals surface area (Å²) in [7, 11) is 0. The van der Waals surface area contributed by atoms with Gasteiger partial charge in [0.25, 0.3) is 5.91 Å². The summed E-state index contributed by atoms with van der Waals surface area (Å²) in [4.78, 5) is 12.5. The molecule has 1 amide bonds. The van der Waals surface area contributed by atoms with Crippen LogP contribution in [0.2, 0.25) is 0 Å². The highest BCUT2D eigenvalue weighted by atomic mass is 16.6. The lowest BCUT2D eigenvalue weighted by atomic mass is 10.0. The van der Waals surface area contributed by atoms with Gasteiger partial charge in [0.2, 0.25) is 6.10 Å². The van der Waals surface area contributed by atoms with Gasteiger partial charge in [-0.2, -0.15) is 0 Å². The maximum Gasteiger partial charge on any atom is 0.265 e. The standard InChI is InChI=1S/C18H17NO4/c20-18(17-11-22-15-7-3-4-8-16(15)23-17)19-13-9-10-21-14-6-2-1-5-12(13)14/h1-8,13,17H,9-11H2,(H,19,20)/t13-,17-/m0/s1.